The maximum Gasteiger partial charge on any atom is 0.308 e. The first kappa shape index (κ1) is 24.2. The zero-order valence-electron chi connectivity index (χ0n) is 19.4. The predicted molar refractivity (Wildman–Crippen MR) is 124 cm³/mol. The average molecular weight is 443 g/mol. The van der Waals surface area contributed by atoms with Gasteiger partial charge in [-0.25, -0.2) is 4.39 Å². The predicted octanol–water partition coefficient (Wildman–Crippen LogP) is 5.90. The van der Waals surface area contributed by atoms with Gasteiger partial charge < -0.3 is 14.6 Å². The fourth-order valence-corrected chi connectivity index (χ4v) is 4.26. The normalized spacial score (nSPS) is 18.6. The van der Waals surface area contributed by atoms with Crippen LogP contribution in [0.4, 0.5) is 4.39 Å². The van der Waals surface area contributed by atoms with Crippen molar-refractivity contribution in [1.29, 1.82) is 0 Å². The summed E-state index contributed by atoms with van der Waals surface area (Å²) in [6.07, 6.45) is 5.08. The van der Waals surface area contributed by atoms with Crippen molar-refractivity contribution in [3.05, 3.63) is 53.3 Å². The second-order valence-electron chi connectivity index (χ2n) is 9.16. The summed E-state index contributed by atoms with van der Waals surface area (Å²) in [4.78, 5) is 11.6. The minimum atomic E-state index is -0.271. The highest BCUT2D eigenvalue weighted by Crippen LogP contribution is 2.37. The van der Waals surface area contributed by atoms with Crippen molar-refractivity contribution in [3.8, 4) is 16.9 Å². The van der Waals surface area contributed by atoms with Gasteiger partial charge in [0.25, 0.3) is 0 Å². The molecule has 0 aromatic heterocycles. The molecule has 0 saturated heterocycles. The third-order valence-corrected chi connectivity index (χ3v) is 6.30. The van der Waals surface area contributed by atoms with Crippen molar-refractivity contribution in [3.63, 3.8) is 0 Å². The summed E-state index contributed by atoms with van der Waals surface area (Å²) in [5.41, 5.74) is 3.17. The molecule has 0 heterocycles. The van der Waals surface area contributed by atoms with Gasteiger partial charge in [0.1, 0.15) is 24.8 Å². The minimum Gasteiger partial charge on any atom is -0.490 e. The van der Waals surface area contributed by atoms with E-state index in [0.29, 0.717) is 23.7 Å². The van der Waals surface area contributed by atoms with E-state index in [1.54, 1.807) is 26.0 Å². The van der Waals surface area contributed by atoms with Gasteiger partial charge in [0.2, 0.25) is 0 Å². The van der Waals surface area contributed by atoms with Gasteiger partial charge in [-0.2, -0.15) is 0 Å². The first-order valence-corrected chi connectivity index (χ1v) is 11.7. The lowest BCUT2D eigenvalue weighted by Gasteiger charge is -2.26. The molecular formula is C27H35FO4. The van der Waals surface area contributed by atoms with Crippen LogP contribution in [0.5, 0.6) is 5.75 Å². The van der Waals surface area contributed by atoms with Crippen LogP contribution in [0, 0.1) is 17.7 Å². The van der Waals surface area contributed by atoms with E-state index in [0.717, 1.165) is 35.4 Å². The quantitative estimate of drug-likeness (QED) is 0.388. The van der Waals surface area contributed by atoms with E-state index in [1.807, 2.05) is 24.3 Å². The third-order valence-electron chi connectivity index (χ3n) is 6.30. The Kier molecular flexibility index (Phi) is 8.68. The first-order valence-electron chi connectivity index (χ1n) is 11.7. The highest BCUT2D eigenvalue weighted by Gasteiger charge is 2.21. The number of hydrogen-bond acceptors (Lipinski definition) is 4. The second kappa shape index (κ2) is 11.5. The van der Waals surface area contributed by atoms with Crippen molar-refractivity contribution in [2.45, 2.75) is 58.8 Å². The number of aliphatic hydroxyl groups is 1. The molecule has 5 heteroatoms. The van der Waals surface area contributed by atoms with Crippen LogP contribution in [0.3, 0.4) is 0 Å². The van der Waals surface area contributed by atoms with Crippen LogP contribution in [-0.2, 0) is 16.0 Å². The Bertz CT molecular complexity index is 901. The molecule has 2 aromatic carbocycles. The van der Waals surface area contributed by atoms with Gasteiger partial charge in [-0.15, -0.1) is 0 Å². The Hall–Kier alpha value is -2.40. The maximum absolute atomic E-state index is 15.1. The maximum atomic E-state index is 15.1. The lowest BCUT2D eigenvalue weighted by molar-refractivity contribution is -0.148. The molecule has 1 aliphatic carbocycles. The molecule has 0 atom stereocenters. The molecule has 0 spiro atoms. The summed E-state index contributed by atoms with van der Waals surface area (Å²) >= 11 is 0. The van der Waals surface area contributed by atoms with E-state index < -0.39 is 0 Å². The molecule has 1 aliphatic rings. The molecule has 32 heavy (non-hydrogen) atoms. The van der Waals surface area contributed by atoms with E-state index in [-0.39, 0.29) is 37.5 Å². The van der Waals surface area contributed by atoms with E-state index in [2.05, 4.69) is 6.92 Å². The molecule has 2 aromatic rings. The number of esters is 1. The van der Waals surface area contributed by atoms with Crippen LogP contribution >= 0.6 is 0 Å². The fraction of sp³-hybridized carbons (Fsp3) is 0.519. The van der Waals surface area contributed by atoms with Crippen LogP contribution in [0.25, 0.3) is 11.1 Å². The lowest BCUT2D eigenvalue weighted by Crippen LogP contribution is -2.16. The molecule has 0 amide bonds. The number of aliphatic hydroxyl groups excluding tert-OH is 1. The van der Waals surface area contributed by atoms with Crippen molar-refractivity contribution in [2.24, 2.45) is 11.8 Å². The number of rotatable bonds is 9. The standard InChI is InChI=1S/C27H35FO4/c1-18(2)27(30)32-15-14-31-26-17-23(9-8-21(26)12-13-29)24-11-10-22(16-25(24)28)20-6-4-19(3)5-7-20/h8-11,16-20,29H,4-7,12-15H2,1-3H3. The molecule has 1 fully saturated rings. The summed E-state index contributed by atoms with van der Waals surface area (Å²) in [7, 11) is 0. The van der Waals surface area contributed by atoms with Gasteiger partial charge in [-0.1, -0.05) is 57.9 Å². The van der Waals surface area contributed by atoms with Gasteiger partial charge >= 0.3 is 5.97 Å². The minimum absolute atomic E-state index is 0.0128. The monoisotopic (exact) mass is 442 g/mol. The Balaban J connectivity index is 1.74. The molecule has 174 valence electrons. The number of hydrogen-bond donors (Lipinski definition) is 1. The van der Waals surface area contributed by atoms with E-state index in [4.69, 9.17) is 9.47 Å². The van der Waals surface area contributed by atoms with Crippen LogP contribution < -0.4 is 4.74 Å². The smallest absolute Gasteiger partial charge is 0.308 e. The van der Waals surface area contributed by atoms with Crippen molar-refractivity contribution in [2.75, 3.05) is 19.8 Å². The fourth-order valence-electron chi connectivity index (χ4n) is 4.26. The molecule has 0 unspecified atom stereocenters. The Morgan fingerprint density at radius 1 is 1.09 bits per heavy atom. The van der Waals surface area contributed by atoms with Gasteiger partial charge in [-0.05, 0) is 59.9 Å². The molecule has 0 aliphatic heterocycles. The Morgan fingerprint density at radius 2 is 1.84 bits per heavy atom. The summed E-state index contributed by atoms with van der Waals surface area (Å²) in [6, 6.07) is 11.1. The summed E-state index contributed by atoms with van der Waals surface area (Å²) in [5.74, 6) is 1.09. The van der Waals surface area contributed by atoms with Crippen molar-refractivity contribution < 1.29 is 23.8 Å². The number of carbonyl (C=O) groups excluding carboxylic acids is 1. The number of halogens is 1. The van der Waals surface area contributed by atoms with E-state index in [1.165, 1.54) is 12.8 Å². The summed E-state index contributed by atoms with van der Waals surface area (Å²) in [6.45, 7) is 6.17. The van der Waals surface area contributed by atoms with Gasteiger partial charge in [0.15, 0.2) is 0 Å². The van der Waals surface area contributed by atoms with E-state index >= 15 is 4.39 Å². The molecule has 1 saturated carbocycles. The average Bonchev–Trinajstić information content (AvgIpc) is 2.78. The number of carbonyl (C=O) groups is 1. The van der Waals surface area contributed by atoms with Gasteiger partial charge in [0, 0.05) is 12.2 Å². The van der Waals surface area contributed by atoms with Gasteiger partial charge in [0.05, 0.1) is 5.92 Å². The highest BCUT2D eigenvalue weighted by molar-refractivity contribution is 5.71. The zero-order valence-corrected chi connectivity index (χ0v) is 19.4. The van der Waals surface area contributed by atoms with Crippen LogP contribution in [-0.4, -0.2) is 30.9 Å². The number of ether oxygens (including phenoxy) is 2. The summed E-state index contributed by atoms with van der Waals surface area (Å²) in [5, 5.41) is 9.37. The van der Waals surface area contributed by atoms with Crippen LogP contribution in [0.15, 0.2) is 36.4 Å². The molecule has 4 nitrogen and oxygen atoms in total. The van der Waals surface area contributed by atoms with E-state index in [9.17, 15) is 9.90 Å². The van der Waals surface area contributed by atoms with Crippen LogP contribution in [0.1, 0.15) is 63.5 Å². The Labute approximate surface area is 190 Å². The number of benzene rings is 2. The molecule has 1 N–H and O–H groups in total. The molecular weight excluding hydrogens is 407 g/mol. The van der Waals surface area contributed by atoms with Gasteiger partial charge in [-0.3, -0.25) is 4.79 Å². The zero-order chi connectivity index (χ0) is 23.1. The molecule has 3 rings (SSSR count). The second-order valence-corrected chi connectivity index (χ2v) is 9.16. The molecule has 0 bridgehead atoms. The lowest BCUT2D eigenvalue weighted by atomic mass is 9.79. The Morgan fingerprint density at radius 3 is 2.50 bits per heavy atom. The molecule has 0 radical (unpaired) electrons. The summed E-state index contributed by atoms with van der Waals surface area (Å²) < 4.78 is 26.1. The van der Waals surface area contributed by atoms with Crippen molar-refractivity contribution in [1.82, 2.24) is 0 Å². The largest absolute Gasteiger partial charge is 0.490 e. The first-order chi connectivity index (χ1) is 15.4. The third kappa shape index (κ3) is 6.32. The topological polar surface area (TPSA) is 55.8 Å². The van der Waals surface area contributed by atoms with Crippen molar-refractivity contribution >= 4 is 5.97 Å². The SMILES string of the molecule is CC1CCC(c2ccc(-c3ccc(CCO)c(OCCOC(=O)C(C)C)c3)c(F)c2)CC1. The van der Waals surface area contributed by atoms with Crippen LogP contribution in [0.2, 0.25) is 0 Å². The highest BCUT2D eigenvalue weighted by atomic mass is 19.1.